The fourth-order valence-electron chi connectivity index (χ4n) is 4.28. The summed E-state index contributed by atoms with van der Waals surface area (Å²) in [5.41, 5.74) is 12.1. The van der Waals surface area contributed by atoms with Gasteiger partial charge in [0, 0.05) is 24.1 Å². The minimum Gasteiger partial charge on any atom is -0.495 e. The Kier molecular flexibility index (Phi) is 6.28. The molecule has 1 aliphatic carbocycles. The van der Waals surface area contributed by atoms with E-state index in [1.807, 2.05) is 18.2 Å². The molecule has 3 heterocycles. The number of hydrogen-bond acceptors (Lipinski definition) is 9. The first kappa shape index (κ1) is 23.8. The lowest BCUT2D eigenvalue weighted by molar-refractivity contribution is -0.192. The van der Waals surface area contributed by atoms with Crippen LogP contribution in [0.15, 0.2) is 54.8 Å². The van der Waals surface area contributed by atoms with Gasteiger partial charge in [-0.15, -0.1) is 5.10 Å². The van der Waals surface area contributed by atoms with Crippen LogP contribution in [0.2, 0.25) is 10.0 Å². The van der Waals surface area contributed by atoms with Gasteiger partial charge in [-0.05, 0) is 18.2 Å². The number of hydrogen-bond donors (Lipinski definition) is 2. The van der Waals surface area contributed by atoms with Crippen molar-refractivity contribution in [3.05, 3.63) is 76.3 Å². The third-order valence-electron chi connectivity index (χ3n) is 5.83. The minimum absolute atomic E-state index is 0.166. The molecule has 2 aliphatic rings. The van der Waals surface area contributed by atoms with Crippen molar-refractivity contribution in [2.75, 3.05) is 18.9 Å². The molecule has 3 unspecified atom stereocenters. The molecular formula is C22H24Cl2N8O3. The Morgan fingerprint density at radius 2 is 2.17 bits per heavy atom. The van der Waals surface area contributed by atoms with Gasteiger partial charge in [-0.3, -0.25) is 0 Å². The SMILES string of the molecule is Cn1nc(N)nc1C1(N)C=CC=C(OCC2COC(Cn3cncn3)(c3ccc(Cl)cc3Cl)O2)C1. The highest BCUT2D eigenvalue weighted by molar-refractivity contribution is 6.35. The topological polar surface area (TPSA) is 141 Å². The number of halogens is 2. The van der Waals surface area contributed by atoms with Crippen LogP contribution in [0.5, 0.6) is 0 Å². The summed E-state index contributed by atoms with van der Waals surface area (Å²) < 4.78 is 21.9. The van der Waals surface area contributed by atoms with Crippen LogP contribution in [0, 0.1) is 0 Å². The number of aromatic nitrogens is 6. The van der Waals surface area contributed by atoms with Gasteiger partial charge in [0.1, 0.15) is 37.4 Å². The highest BCUT2D eigenvalue weighted by Gasteiger charge is 2.46. The van der Waals surface area contributed by atoms with E-state index in [1.165, 1.54) is 6.33 Å². The van der Waals surface area contributed by atoms with Gasteiger partial charge in [0.15, 0.2) is 5.82 Å². The Balaban J connectivity index is 1.30. The predicted octanol–water partition coefficient (Wildman–Crippen LogP) is 2.28. The summed E-state index contributed by atoms with van der Waals surface area (Å²) in [5.74, 6) is 0.209. The van der Waals surface area contributed by atoms with Crippen molar-refractivity contribution >= 4 is 29.2 Å². The van der Waals surface area contributed by atoms with Crippen molar-refractivity contribution < 1.29 is 14.2 Å². The quantitative estimate of drug-likeness (QED) is 0.481. The third kappa shape index (κ3) is 4.78. The Morgan fingerprint density at radius 1 is 1.31 bits per heavy atom. The standard InChI is InChI=1S/C22H24Cl2N8O3/c1-31-19(29-20(25)30-31)21(26)6-2-3-15(8-21)33-9-16-10-34-22(35-16,11-32-13-27-12-28-32)17-5-4-14(23)7-18(17)24/h2-7,12-13,16H,8-11,26H2,1H3,(H2,25,30). The second-order valence-electron chi connectivity index (χ2n) is 8.46. The summed E-state index contributed by atoms with van der Waals surface area (Å²) in [7, 11) is 1.75. The van der Waals surface area contributed by atoms with Crippen LogP contribution in [0.25, 0.3) is 0 Å². The van der Waals surface area contributed by atoms with E-state index >= 15 is 0 Å². The molecule has 0 amide bonds. The molecule has 5 rings (SSSR count). The van der Waals surface area contributed by atoms with E-state index in [0.717, 1.165) is 0 Å². The molecule has 11 nitrogen and oxygen atoms in total. The van der Waals surface area contributed by atoms with E-state index in [0.29, 0.717) is 33.6 Å². The maximum absolute atomic E-state index is 6.61. The smallest absolute Gasteiger partial charge is 0.239 e. The monoisotopic (exact) mass is 518 g/mol. The normalized spacial score (nSPS) is 26.2. The molecule has 35 heavy (non-hydrogen) atoms. The average Bonchev–Trinajstić information content (AvgIpc) is 3.54. The van der Waals surface area contributed by atoms with Crippen molar-refractivity contribution in [2.24, 2.45) is 12.8 Å². The van der Waals surface area contributed by atoms with Gasteiger partial charge >= 0.3 is 0 Å². The van der Waals surface area contributed by atoms with Crippen molar-refractivity contribution in [3.8, 4) is 0 Å². The number of nitrogens with two attached hydrogens (primary N) is 2. The largest absolute Gasteiger partial charge is 0.495 e. The molecular weight excluding hydrogens is 495 g/mol. The van der Waals surface area contributed by atoms with Gasteiger partial charge in [0.2, 0.25) is 11.7 Å². The molecule has 0 saturated carbocycles. The first-order valence-corrected chi connectivity index (χ1v) is 11.6. The first-order chi connectivity index (χ1) is 16.8. The third-order valence-corrected chi connectivity index (χ3v) is 6.38. The lowest BCUT2D eigenvalue weighted by atomic mass is 9.90. The second kappa shape index (κ2) is 9.25. The predicted molar refractivity (Wildman–Crippen MR) is 128 cm³/mol. The molecule has 0 spiro atoms. The van der Waals surface area contributed by atoms with E-state index in [4.69, 9.17) is 48.9 Å². The van der Waals surface area contributed by atoms with Crippen LogP contribution < -0.4 is 11.5 Å². The average molecular weight is 519 g/mol. The first-order valence-electron chi connectivity index (χ1n) is 10.8. The van der Waals surface area contributed by atoms with Crippen LogP contribution in [0.1, 0.15) is 17.8 Å². The molecule has 2 aromatic heterocycles. The summed E-state index contributed by atoms with van der Waals surface area (Å²) in [4.78, 5) is 8.28. The minimum atomic E-state index is -1.18. The summed E-state index contributed by atoms with van der Waals surface area (Å²) in [6, 6.07) is 5.17. The van der Waals surface area contributed by atoms with Crippen LogP contribution in [0.4, 0.5) is 5.95 Å². The van der Waals surface area contributed by atoms with Gasteiger partial charge in [0.25, 0.3) is 0 Å². The van der Waals surface area contributed by atoms with Gasteiger partial charge < -0.3 is 25.7 Å². The molecule has 13 heteroatoms. The fourth-order valence-corrected chi connectivity index (χ4v) is 4.83. The molecule has 1 aromatic carbocycles. The zero-order chi connectivity index (χ0) is 24.6. The van der Waals surface area contributed by atoms with Crippen molar-refractivity contribution in [1.82, 2.24) is 29.5 Å². The summed E-state index contributed by atoms with van der Waals surface area (Å²) in [6.45, 7) is 0.765. The molecule has 1 fully saturated rings. The fraction of sp³-hybridized carbons (Fsp3) is 0.364. The van der Waals surface area contributed by atoms with Crippen LogP contribution in [-0.2, 0) is 39.1 Å². The molecule has 0 radical (unpaired) electrons. The Labute approximate surface area is 211 Å². The number of allylic oxidation sites excluding steroid dienone is 2. The van der Waals surface area contributed by atoms with Crippen LogP contribution in [0.3, 0.4) is 0 Å². The second-order valence-corrected chi connectivity index (χ2v) is 9.30. The number of aryl methyl sites for hydroxylation is 1. The molecule has 1 saturated heterocycles. The van der Waals surface area contributed by atoms with E-state index in [-0.39, 0.29) is 31.8 Å². The maximum Gasteiger partial charge on any atom is 0.239 e. The maximum atomic E-state index is 6.61. The number of nitrogens with zero attached hydrogens (tertiary/aromatic N) is 6. The van der Waals surface area contributed by atoms with Gasteiger partial charge in [-0.1, -0.05) is 41.4 Å². The van der Waals surface area contributed by atoms with Gasteiger partial charge in [0.05, 0.1) is 17.4 Å². The van der Waals surface area contributed by atoms with E-state index in [1.54, 1.807) is 40.9 Å². The summed E-state index contributed by atoms with van der Waals surface area (Å²) in [5, 5.41) is 9.22. The Morgan fingerprint density at radius 3 is 2.89 bits per heavy atom. The van der Waals surface area contributed by atoms with E-state index < -0.39 is 11.3 Å². The number of benzene rings is 1. The lowest BCUT2D eigenvalue weighted by Crippen LogP contribution is -2.39. The van der Waals surface area contributed by atoms with Gasteiger partial charge in [-0.2, -0.15) is 10.1 Å². The Bertz CT molecular complexity index is 1280. The number of anilines is 1. The molecule has 1 aliphatic heterocycles. The van der Waals surface area contributed by atoms with Crippen molar-refractivity contribution in [1.29, 1.82) is 0 Å². The van der Waals surface area contributed by atoms with Crippen LogP contribution >= 0.6 is 23.2 Å². The Hall–Kier alpha value is -2.96. The van der Waals surface area contributed by atoms with Crippen molar-refractivity contribution in [3.63, 3.8) is 0 Å². The number of rotatable bonds is 7. The number of ether oxygens (including phenoxy) is 3. The highest BCUT2D eigenvalue weighted by Crippen LogP contribution is 2.41. The van der Waals surface area contributed by atoms with Crippen molar-refractivity contribution in [2.45, 2.75) is 30.4 Å². The summed E-state index contributed by atoms with van der Waals surface area (Å²) >= 11 is 12.6. The zero-order valence-electron chi connectivity index (χ0n) is 18.8. The number of nitrogen functional groups attached to an aromatic ring is 1. The molecule has 3 atom stereocenters. The molecule has 0 bridgehead atoms. The molecule has 4 N–H and O–H groups in total. The highest BCUT2D eigenvalue weighted by atomic mass is 35.5. The van der Waals surface area contributed by atoms with E-state index in [2.05, 4.69) is 20.2 Å². The van der Waals surface area contributed by atoms with Crippen LogP contribution in [-0.4, -0.2) is 48.8 Å². The lowest BCUT2D eigenvalue weighted by Gasteiger charge is -2.30. The molecule has 3 aromatic rings. The van der Waals surface area contributed by atoms with E-state index in [9.17, 15) is 0 Å². The molecule has 184 valence electrons. The zero-order valence-corrected chi connectivity index (χ0v) is 20.4. The summed E-state index contributed by atoms with van der Waals surface area (Å²) in [6.07, 6.45) is 8.58. The van der Waals surface area contributed by atoms with Gasteiger partial charge in [-0.25, -0.2) is 14.3 Å².